The third-order valence-electron chi connectivity index (χ3n) is 2.70. The smallest absolute Gasteiger partial charge is 0.335 e. The first-order chi connectivity index (χ1) is 9.49. The fourth-order valence-electron chi connectivity index (χ4n) is 1.70. The summed E-state index contributed by atoms with van der Waals surface area (Å²) < 4.78 is 16.0. The van der Waals surface area contributed by atoms with Crippen LogP contribution in [0.5, 0.6) is 17.2 Å². The molecule has 1 N–H and O–H groups in total. The number of aromatic carboxylic acids is 1. The first-order valence-electron chi connectivity index (χ1n) is 6.26. The van der Waals surface area contributed by atoms with Crippen LogP contribution in [0, 0.1) is 0 Å². The van der Waals surface area contributed by atoms with Crippen molar-refractivity contribution < 1.29 is 24.1 Å². The molecule has 20 heavy (non-hydrogen) atoms. The normalized spacial score (nSPS) is 10.4. The van der Waals surface area contributed by atoms with Crippen molar-refractivity contribution in [2.24, 2.45) is 0 Å². The third-order valence-corrected chi connectivity index (χ3v) is 2.70. The van der Waals surface area contributed by atoms with Gasteiger partial charge in [0.15, 0.2) is 11.5 Å². The van der Waals surface area contributed by atoms with Crippen LogP contribution in [-0.2, 0) is 0 Å². The van der Waals surface area contributed by atoms with Gasteiger partial charge in [-0.1, -0.05) is 0 Å². The minimum atomic E-state index is -1.04. The number of hydrogen-bond acceptors (Lipinski definition) is 5. The van der Waals surface area contributed by atoms with E-state index in [0.717, 1.165) is 13.0 Å². The van der Waals surface area contributed by atoms with Crippen molar-refractivity contribution in [3.63, 3.8) is 0 Å². The lowest BCUT2D eigenvalue weighted by Crippen LogP contribution is -2.15. The maximum absolute atomic E-state index is 11.0. The Bertz CT molecular complexity index is 434. The number of methoxy groups -OCH3 is 2. The Morgan fingerprint density at radius 1 is 1.20 bits per heavy atom. The highest BCUT2D eigenvalue weighted by Crippen LogP contribution is 2.38. The lowest BCUT2D eigenvalue weighted by molar-refractivity contribution is 0.0696. The molecule has 0 saturated heterocycles. The zero-order valence-corrected chi connectivity index (χ0v) is 12.3. The molecule has 0 spiro atoms. The summed E-state index contributed by atoms with van der Waals surface area (Å²) in [6.07, 6.45) is 0.847. The van der Waals surface area contributed by atoms with Gasteiger partial charge in [0.05, 0.1) is 26.4 Å². The van der Waals surface area contributed by atoms with Gasteiger partial charge in [-0.3, -0.25) is 0 Å². The summed E-state index contributed by atoms with van der Waals surface area (Å²) in [5, 5.41) is 9.03. The summed E-state index contributed by atoms with van der Waals surface area (Å²) in [6.45, 7) is 1.40. The van der Waals surface area contributed by atoms with Crippen molar-refractivity contribution in [2.45, 2.75) is 6.42 Å². The summed E-state index contributed by atoms with van der Waals surface area (Å²) in [5.41, 5.74) is 0.0966. The monoisotopic (exact) mass is 283 g/mol. The topological polar surface area (TPSA) is 68.2 Å². The van der Waals surface area contributed by atoms with Gasteiger partial charge in [0, 0.05) is 6.54 Å². The Kier molecular flexibility index (Phi) is 6.11. The molecule has 1 aromatic carbocycles. The molecule has 1 rings (SSSR count). The largest absolute Gasteiger partial charge is 0.493 e. The van der Waals surface area contributed by atoms with Crippen molar-refractivity contribution in [3.8, 4) is 17.2 Å². The number of benzene rings is 1. The maximum Gasteiger partial charge on any atom is 0.335 e. The van der Waals surface area contributed by atoms with E-state index in [1.807, 2.05) is 14.1 Å². The number of carbonyl (C=O) groups is 1. The van der Waals surface area contributed by atoms with Crippen LogP contribution < -0.4 is 14.2 Å². The molecule has 0 bridgehead atoms. The van der Waals surface area contributed by atoms with Crippen LogP contribution in [0.4, 0.5) is 0 Å². The molecule has 0 atom stereocenters. The van der Waals surface area contributed by atoms with Crippen LogP contribution >= 0.6 is 0 Å². The molecule has 112 valence electrons. The molecule has 0 aromatic heterocycles. The van der Waals surface area contributed by atoms with Gasteiger partial charge in [-0.05, 0) is 32.6 Å². The first kappa shape index (κ1) is 16.1. The SMILES string of the molecule is COc1cc(C(=O)O)cc(OC)c1OCCCN(C)C. The van der Waals surface area contributed by atoms with Crippen molar-refractivity contribution in [2.75, 3.05) is 41.5 Å². The van der Waals surface area contributed by atoms with Crippen LogP contribution in [-0.4, -0.2) is 57.4 Å². The molecule has 0 saturated carbocycles. The van der Waals surface area contributed by atoms with Crippen LogP contribution in [0.2, 0.25) is 0 Å². The van der Waals surface area contributed by atoms with Gasteiger partial charge < -0.3 is 24.2 Å². The highest BCUT2D eigenvalue weighted by Gasteiger charge is 2.17. The molecule has 0 aliphatic heterocycles. The van der Waals surface area contributed by atoms with Crippen LogP contribution in [0.1, 0.15) is 16.8 Å². The quantitative estimate of drug-likeness (QED) is 0.733. The van der Waals surface area contributed by atoms with E-state index in [-0.39, 0.29) is 5.56 Å². The minimum Gasteiger partial charge on any atom is -0.493 e. The average Bonchev–Trinajstić information content (AvgIpc) is 2.42. The standard InChI is InChI=1S/C14H21NO5/c1-15(2)6-5-7-20-13-11(18-3)8-10(14(16)17)9-12(13)19-4/h8-9H,5-7H2,1-4H3,(H,16,17). The Morgan fingerprint density at radius 2 is 1.75 bits per heavy atom. The Balaban J connectivity index is 2.90. The second-order valence-corrected chi connectivity index (χ2v) is 4.52. The zero-order valence-electron chi connectivity index (χ0n) is 12.3. The summed E-state index contributed by atoms with van der Waals surface area (Å²) in [5.74, 6) is 0.0951. The molecule has 0 radical (unpaired) electrons. The summed E-state index contributed by atoms with van der Waals surface area (Å²) in [4.78, 5) is 13.1. The van der Waals surface area contributed by atoms with Crippen molar-refractivity contribution >= 4 is 5.97 Å². The van der Waals surface area contributed by atoms with E-state index in [0.29, 0.717) is 23.9 Å². The molecule has 1 aromatic rings. The maximum atomic E-state index is 11.0. The van der Waals surface area contributed by atoms with Gasteiger partial charge in [0.25, 0.3) is 0 Å². The van der Waals surface area contributed by atoms with Gasteiger partial charge in [0.1, 0.15) is 0 Å². The zero-order chi connectivity index (χ0) is 15.1. The van der Waals surface area contributed by atoms with Crippen LogP contribution in [0.15, 0.2) is 12.1 Å². The molecule has 0 aliphatic rings. The minimum absolute atomic E-state index is 0.0966. The van der Waals surface area contributed by atoms with Crippen molar-refractivity contribution in [1.29, 1.82) is 0 Å². The number of hydrogen-bond donors (Lipinski definition) is 1. The molecular formula is C14H21NO5. The van der Waals surface area contributed by atoms with Crippen LogP contribution in [0.3, 0.4) is 0 Å². The summed E-state index contributed by atoms with van der Waals surface area (Å²) >= 11 is 0. The fraction of sp³-hybridized carbons (Fsp3) is 0.500. The lowest BCUT2D eigenvalue weighted by atomic mass is 10.2. The van der Waals surface area contributed by atoms with Crippen molar-refractivity contribution in [1.82, 2.24) is 4.90 Å². The van der Waals surface area contributed by atoms with E-state index in [1.165, 1.54) is 26.4 Å². The lowest BCUT2D eigenvalue weighted by Gasteiger charge is -2.16. The van der Waals surface area contributed by atoms with Crippen molar-refractivity contribution in [3.05, 3.63) is 17.7 Å². The van der Waals surface area contributed by atoms with Crippen LogP contribution in [0.25, 0.3) is 0 Å². The van der Waals surface area contributed by atoms with E-state index in [4.69, 9.17) is 19.3 Å². The third kappa shape index (κ3) is 4.31. The highest BCUT2D eigenvalue weighted by atomic mass is 16.5. The second-order valence-electron chi connectivity index (χ2n) is 4.52. The predicted molar refractivity (Wildman–Crippen MR) is 75.2 cm³/mol. The van der Waals surface area contributed by atoms with Gasteiger partial charge in [-0.2, -0.15) is 0 Å². The van der Waals surface area contributed by atoms with E-state index in [9.17, 15) is 4.79 Å². The van der Waals surface area contributed by atoms with Gasteiger partial charge in [0.2, 0.25) is 5.75 Å². The molecule has 6 nitrogen and oxygen atoms in total. The first-order valence-corrected chi connectivity index (χ1v) is 6.26. The number of carboxylic acids is 1. The summed E-state index contributed by atoms with van der Waals surface area (Å²) in [6, 6.07) is 2.85. The molecule has 0 aliphatic carbocycles. The molecule has 0 amide bonds. The van der Waals surface area contributed by atoms with Gasteiger partial charge in [-0.15, -0.1) is 0 Å². The predicted octanol–water partition coefficient (Wildman–Crippen LogP) is 1.73. The van der Waals surface area contributed by atoms with E-state index in [1.54, 1.807) is 0 Å². The van der Waals surface area contributed by atoms with E-state index < -0.39 is 5.97 Å². The average molecular weight is 283 g/mol. The van der Waals surface area contributed by atoms with Gasteiger partial charge >= 0.3 is 5.97 Å². The molecule has 0 unspecified atom stereocenters. The van der Waals surface area contributed by atoms with Gasteiger partial charge in [-0.25, -0.2) is 4.79 Å². The Labute approximate surface area is 118 Å². The highest BCUT2D eigenvalue weighted by molar-refractivity contribution is 5.89. The Hall–Kier alpha value is -1.95. The molecule has 0 heterocycles. The molecule has 0 fully saturated rings. The van der Waals surface area contributed by atoms with E-state index in [2.05, 4.69) is 4.90 Å². The summed E-state index contributed by atoms with van der Waals surface area (Å²) in [7, 11) is 6.91. The number of nitrogens with zero attached hydrogens (tertiary/aromatic N) is 1. The molecule has 6 heteroatoms. The number of ether oxygens (including phenoxy) is 3. The fourth-order valence-corrected chi connectivity index (χ4v) is 1.70. The Morgan fingerprint density at radius 3 is 2.15 bits per heavy atom. The second kappa shape index (κ2) is 7.59. The van der Waals surface area contributed by atoms with E-state index >= 15 is 0 Å². The molecular weight excluding hydrogens is 262 g/mol. The number of rotatable bonds is 8. The number of carboxylic acid groups (broad SMARTS) is 1.